The highest BCUT2D eigenvalue weighted by atomic mass is 35.5. The van der Waals surface area contributed by atoms with Crippen molar-refractivity contribution in [2.24, 2.45) is 4.99 Å². The zero-order valence-corrected chi connectivity index (χ0v) is 13.8. The number of hydrogen-bond acceptors (Lipinski definition) is 4. The number of amidine groups is 1. The Balaban J connectivity index is 1.89. The molecule has 0 N–H and O–H groups in total. The van der Waals surface area contributed by atoms with Crippen LogP contribution >= 0.6 is 11.6 Å². The summed E-state index contributed by atoms with van der Waals surface area (Å²) in [7, 11) is 4.03. The Hall–Kier alpha value is -2.20. The summed E-state index contributed by atoms with van der Waals surface area (Å²) in [6.07, 6.45) is 0.778. The van der Waals surface area contributed by atoms with Crippen LogP contribution in [0.2, 0.25) is 5.02 Å². The van der Waals surface area contributed by atoms with Crippen LogP contribution in [-0.4, -0.2) is 31.6 Å². The summed E-state index contributed by atoms with van der Waals surface area (Å²) in [5.74, 6) is 2.62. The van der Waals surface area contributed by atoms with Gasteiger partial charge in [-0.1, -0.05) is 29.8 Å². The highest BCUT2D eigenvalue weighted by Gasteiger charge is 2.28. The van der Waals surface area contributed by atoms with E-state index >= 15 is 0 Å². The molecule has 0 radical (unpaired) electrons. The summed E-state index contributed by atoms with van der Waals surface area (Å²) >= 11 is 6.43. The molecule has 4 nitrogen and oxygen atoms in total. The minimum atomic E-state index is -0.126. The van der Waals surface area contributed by atoms with Crippen molar-refractivity contribution in [3.63, 3.8) is 0 Å². The van der Waals surface area contributed by atoms with Crippen molar-refractivity contribution in [2.45, 2.75) is 12.5 Å². The van der Waals surface area contributed by atoms with Gasteiger partial charge >= 0.3 is 0 Å². The van der Waals surface area contributed by atoms with E-state index in [2.05, 4.69) is 11.0 Å². The lowest BCUT2D eigenvalue weighted by molar-refractivity contribution is 0.174. The number of fused-ring (bicyclic) bond motifs is 2. The first kappa shape index (κ1) is 14.4. The van der Waals surface area contributed by atoms with E-state index in [1.165, 1.54) is 5.56 Å². The molecule has 2 aromatic carbocycles. The zero-order valence-electron chi connectivity index (χ0n) is 13.0. The summed E-state index contributed by atoms with van der Waals surface area (Å²) < 4.78 is 11.1. The molecule has 4 rings (SSSR count). The monoisotopic (exact) mass is 328 g/mol. The van der Waals surface area contributed by atoms with Crippen molar-refractivity contribution in [1.29, 1.82) is 0 Å². The number of likely N-dealkylation sites (N-methyl/N-ethyl adjacent to an activating group) is 1. The number of ether oxygens (including phenoxy) is 2. The summed E-state index contributed by atoms with van der Waals surface area (Å²) in [4.78, 5) is 6.99. The fraction of sp³-hybridized carbons (Fsp3) is 0.278. The van der Waals surface area contributed by atoms with Crippen molar-refractivity contribution < 1.29 is 9.47 Å². The number of benzene rings is 2. The Morgan fingerprint density at radius 3 is 2.57 bits per heavy atom. The molecule has 2 aromatic rings. The van der Waals surface area contributed by atoms with Crippen molar-refractivity contribution in [3.05, 3.63) is 58.1 Å². The molecule has 118 valence electrons. The lowest BCUT2D eigenvalue weighted by Gasteiger charge is -2.28. The molecule has 0 aromatic heterocycles. The molecule has 1 atom stereocenters. The van der Waals surface area contributed by atoms with Crippen LogP contribution in [0.15, 0.2) is 41.4 Å². The maximum absolute atomic E-state index is 6.43. The number of halogens is 1. The number of hydrogen-bond donors (Lipinski definition) is 0. The average molecular weight is 329 g/mol. The van der Waals surface area contributed by atoms with E-state index in [9.17, 15) is 0 Å². The summed E-state index contributed by atoms with van der Waals surface area (Å²) in [6, 6.07) is 11.9. The van der Waals surface area contributed by atoms with E-state index in [0.29, 0.717) is 0 Å². The molecular weight excluding hydrogens is 312 g/mol. The maximum atomic E-state index is 6.43. The first-order chi connectivity index (χ1) is 11.1. The van der Waals surface area contributed by atoms with Crippen molar-refractivity contribution in [3.8, 4) is 11.5 Å². The SMILES string of the molecule is CN(C)C1=NC(c2ccccc2Cl)c2cc3c(cc2C1)OCO3. The predicted octanol–water partition coefficient (Wildman–Crippen LogP) is 3.67. The molecule has 1 unspecified atom stereocenters. The fourth-order valence-electron chi connectivity index (χ4n) is 3.05. The third kappa shape index (κ3) is 2.43. The van der Waals surface area contributed by atoms with Gasteiger partial charge in [0, 0.05) is 25.5 Å². The average Bonchev–Trinajstić information content (AvgIpc) is 2.99. The second kappa shape index (κ2) is 5.46. The zero-order chi connectivity index (χ0) is 16.0. The maximum Gasteiger partial charge on any atom is 0.231 e. The normalized spacial score (nSPS) is 18.4. The molecule has 0 spiro atoms. The van der Waals surface area contributed by atoms with Crippen LogP contribution in [0.4, 0.5) is 0 Å². The van der Waals surface area contributed by atoms with Crippen LogP contribution in [0.5, 0.6) is 11.5 Å². The van der Waals surface area contributed by atoms with Gasteiger partial charge in [0.15, 0.2) is 11.5 Å². The van der Waals surface area contributed by atoms with Crippen LogP contribution in [0.1, 0.15) is 22.7 Å². The fourth-order valence-corrected chi connectivity index (χ4v) is 3.29. The summed E-state index contributed by atoms with van der Waals surface area (Å²) in [5, 5.41) is 0.727. The second-order valence-electron chi connectivity index (χ2n) is 5.94. The predicted molar refractivity (Wildman–Crippen MR) is 90.7 cm³/mol. The quantitative estimate of drug-likeness (QED) is 0.801. The Morgan fingerprint density at radius 1 is 1.09 bits per heavy atom. The minimum Gasteiger partial charge on any atom is -0.454 e. The number of aliphatic imine (C=N–C) groups is 1. The van der Waals surface area contributed by atoms with E-state index in [1.54, 1.807) is 0 Å². The van der Waals surface area contributed by atoms with E-state index in [-0.39, 0.29) is 12.8 Å². The molecule has 0 fully saturated rings. The van der Waals surface area contributed by atoms with Gasteiger partial charge in [0.25, 0.3) is 0 Å². The molecule has 2 heterocycles. The Kier molecular flexibility index (Phi) is 3.42. The molecule has 0 aliphatic carbocycles. The van der Waals surface area contributed by atoms with Crippen LogP contribution in [-0.2, 0) is 6.42 Å². The van der Waals surface area contributed by atoms with Crippen LogP contribution in [0, 0.1) is 0 Å². The van der Waals surface area contributed by atoms with Gasteiger partial charge in [0.2, 0.25) is 6.79 Å². The summed E-state index contributed by atoms with van der Waals surface area (Å²) in [5.41, 5.74) is 3.35. The molecule has 23 heavy (non-hydrogen) atoms. The number of rotatable bonds is 1. The molecule has 2 aliphatic rings. The van der Waals surface area contributed by atoms with Gasteiger partial charge < -0.3 is 14.4 Å². The molecule has 5 heteroatoms. The molecule has 2 aliphatic heterocycles. The Labute approximate surface area is 140 Å². The van der Waals surface area contributed by atoms with E-state index < -0.39 is 0 Å². The van der Waals surface area contributed by atoms with Gasteiger partial charge in [-0.2, -0.15) is 0 Å². The van der Waals surface area contributed by atoms with Crippen LogP contribution in [0.25, 0.3) is 0 Å². The van der Waals surface area contributed by atoms with Gasteiger partial charge in [0.1, 0.15) is 11.9 Å². The summed E-state index contributed by atoms with van der Waals surface area (Å²) in [6.45, 7) is 0.274. The lowest BCUT2D eigenvalue weighted by Crippen LogP contribution is -2.28. The highest BCUT2D eigenvalue weighted by molar-refractivity contribution is 6.31. The highest BCUT2D eigenvalue weighted by Crippen LogP contribution is 2.43. The lowest BCUT2D eigenvalue weighted by atomic mass is 9.90. The molecule has 0 bridgehead atoms. The van der Waals surface area contributed by atoms with Gasteiger partial charge in [-0.3, -0.25) is 4.99 Å². The first-order valence-electron chi connectivity index (χ1n) is 7.54. The number of nitrogens with zero attached hydrogens (tertiary/aromatic N) is 2. The molecule has 0 amide bonds. The molecule has 0 saturated heterocycles. The van der Waals surface area contributed by atoms with Crippen molar-refractivity contribution in [1.82, 2.24) is 4.90 Å². The Morgan fingerprint density at radius 2 is 1.83 bits per heavy atom. The molecular formula is C18H17ClN2O2. The second-order valence-corrected chi connectivity index (χ2v) is 6.35. The first-order valence-corrected chi connectivity index (χ1v) is 7.92. The van der Waals surface area contributed by atoms with Crippen molar-refractivity contribution >= 4 is 17.4 Å². The third-order valence-electron chi connectivity index (χ3n) is 4.27. The van der Waals surface area contributed by atoms with Gasteiger partial charge in [0.05, 0.1) is 0 Å². The van der Waals surface area contributed by atoms with Crippen LogP contribution < -0.4 is 9.47 Å². The standard InChI is InChI=1S/C18H17ClN2O2/c1-21(2)17-8-11-7-15-16(23-10-22-15)9-13(11)18(20-17)12-5-3-4-6-14(12)19/h3-7,9,18H,8,10H2,1-2H3. The van der Waals surface area contributed by atoms with Crippen molar-refractivity contribution in [2.75, 3.05) is 20.9 Å². The third-order valence-corrected chi connectivity index (χ3v) is 4.62. The van der Waals surface area contributed by atoms with Gasteiger partial charge in [-0.15, -0.1) is 0 Å². The van der Waals surface area contributed by atoms with E-state index in [0.717, 1.165) is 39.9 Å². The van der Waals surface area contributed by atoms with E-state index in [4.69, 9.17) is 26.1 Å². The Bertz CT molecular complexity index is 802. The largest absolute Gasteiger partial charge is 0.454 e. The van der Waals surface area contributed by atoms with Crippen LogP contribution in [0.3, 0.4) is 0 Å². The smallest absolute Gasteiger partial charge is 0.231 e. The topological polar surface area (TPSA) is 34.1 Å². The van der Waals surface area contributed by atoms with E-state index in [1.807, 2.05) is 44.4 Å². The molecule has 0 saturated carbocycles. The van der Waals surface area contributed by atoms with Gasteiger partial charge in [-0.05, 0) is 34.9 Å². The van der Waals surface area contributed by atoms with Gasteiger partial charge in [-0.25, -0.2) is 0 Å². The minimum absolute atomic E-state index is 0.126.